The van der Waals surface area contributed by atoms with Crippen LogP contribution in [0.4, 0.5) is 0 Å². The number of aromatic amines is 1. The molecule has 0 fully saturated rings. The summed E-state index contributed by atoms with van der Waals surface area (Å²) < 4.78 is 2.35. The topological polar surface area (TPSA) is 62.7 Å². The minimum absolute atomic E-state index is 0.0688. The summed E-state index contributed by atoms with van der Waals surface area (Å²) >= 11 is 11.5. The van der Waals surface area contributed by atoms with Gasteiger partial charge < -0.3 is 5.32 Å². The van der Waals surface area contributed by atoms with Gasteiger partial charge >= 0.3 is 0 Å². The molecule has 3 rings (SSSR count). The molecule has 3 aromatic rings. The zero-order valence-corrected chi connectivity index (χ0v) is 16.8. The highest BCUT2D eigenvalue weighted by Gasteiger charge is 2.14. The summed E-state index contributed by atoms with van der Waals surface area (Å²) in [6, 6.07) is 15.4. The smallest absolute Gasteiger partial charge is 0.222 e. The SMILES string of the molecule is Cc1cccc(-c2n[nH]c(=S)n2CCC(=O)N[C@H](C)c2ccccc2Cl)c1. The summed E-state index contributed by atoms with van der Waals surface area (Å²) in [6.45, 7) is 4.39. The second-order valence-corrected chi connectivity index (χ2v) is 7.23. The first kappa shape index (κ1) is 19.3. The Labute approximate surface area is 168 Å². The lowest BCUT2D eigenvalue weighted by molar-refractivity contribution is -0.121. The molecule has 0 bridgehead atoms. The second kappa shape index (κ2) is 8.50. The van der Waals surface area contributed by atoms with Gasteiger partial charge in [0, 0.05) is 23.6 Å². The van der Waals surface area contributed by atoms with E-state index in [-0.39, 0.29) is 11.9 Å². The molecule has 1 aromatic heterocycles. The van der Waals surface area contributed by atoms with E-state index in [1.807, 2.05) is 66.9 Å². The van der Waals surface area contributed by atoms with E-state index in [1.54, 1.807) is 0 Å². The highest BCUT2D eigenvalue weighted by molar-refractivity contribution is 7.71. The van der Waals surface area contributed by atoms with Gasteiger partial charge in [-0.25, -0.2) is 0 Å². The Balaban J connectivity index is 1.69. The van der Waals surface area contributed by atoms with Crippen LogP contribution in [0.2, 0.25) is 5.02 Å². The number of hydrogen-bond acceptors (Lipinski definition) is 3. The number of benzene rings is 2. The predicted molar refractivity (Wildman–Crippen MR) is 110 cm³/mol. The minimum atomic E-state index is -0.167. The van der Waals surface area contributed by atoms with Crippen molar-refractivity contribution in [1.29, 1.82) is 0 Å². The van der Waals surface area contributed by atoms with Crippen molar-refractivity contribution in [2.75, 3.05) is 0 Å². The van der Waals surface area contributed by atoms with Crippen molar-refractivity contribution in [2.24, 2.45) is 0 Å². The van der Waals surface area contributed by atoms with Gasteiger partial charge in [-0.15, -0.1) is 0 Å². The van der Waals surface area contributed by atoms with E-state index in [0.717, 1.165) is 22.5 Å². The number of aryl methyl sites for hydroxylation is 1. The molecule has 0 aliphatic heterocycles. The van der Waals surface area contributed by atoms with Crippen molar-refractivity contribution in [3.8, 4) is 11.4 Å². The summed E-state index contributed by atoms with van der Waals surface area (Å²) in [6.07, 6.45) is 0.293. The molecule has 27 heavy (non-hydrogen) atoms. The summed E-state index contributed by atoms with van der Waals surface area (Å²) in [5, 5.41) is 10.8. The van der Waals surface area contributed by atoms with E-state index in [2.05, 4.69) is 15.5 Å². The van der Waals surface area contributed by atoms with Gasteiger partial charge in [0.15, 0.2) is 10.6 Å². The largest absolute Gasteiger partial charge is 0.349 e. The van der Waals surface area contributed by atoms with Gasteiger partial charge in [0.1, 0.15) is 0 Å². The maximum atomic E-state index is 12.4. The zero-order chi connectivity index (χ0) is 19.4. The van der Waals surface area contributed by atoms with Gasteiger partial charge in [0.25, 0.3) is 0 Å². The lowest BCUT2D eigenvalue weighted by Crippen LogP contribution is -2.27. The van der Waals surface area contributed by atoms with Gasteiger partial charge in [0.05, 0.1) is 6.04 Å². The Morgan fingerprint density at radius 2 is 2.07 bits per heavy atom. The van der Waals surface area contributed by atoms with Crippen molar-refractivity contribution >= 4 is 29.7 Å². The van der Waals surface area contributed by atoms with Crippen LogP contribution in [0.1, 0.15) is 30.5 Å². The predicted octanol–water partition coefficient (Wildman–Crippen LogP) is 4.84. The second-order valence-electron chi connectivity index (χ2n) is 6.43. The highest BCUT2D eigenvalue weighted by atomic mass is 35.5. The van der Waals surface area contributed by atoms with Crippen LogP contribution in [0.15, 0.2) is 48.5 Å². The molecule has 0 unspecified atom stereocenters. The van der Waals surface area contributed by atoms with E-state index < -0.39 is 0 Å². The molecule has 0 saturated heterocycles. The highest BCUT2D eigenvalue weighted by Crippen LogP contribution is 2.22. The molecular weight excluding hydrogens is 380 g/mol. The standard InChI is InChI=1S/C20H21ClN4OS/c1-13-6-5-7-15(12-13)19-23-24-20(27)25(19)11-10-18(26)22-14(2)16-8-3-4-9-17(16)21/h3-9,12,14H,10-11H2,1-2H3,(H,22,26)(H,24,27)/t14-/m1/s1. The Morgan fingerprint density at radius 1 is 1.30 bits per heavy atom. The summed E-state index contributed by atoms with van der Waals surface area (Å²) in [5.41, 5.74) is 3.00. The summed E-state index contributed by atoms with van der Waals surface area (Å²) in [7, 11) is 0. The van der Waals surface area contributed by atoms with E-state index in [4.69, 9.17) is 23.8 Å². The quantitative estimate of drug-likeness (QED) is 0.582. The van der Waals surface area contributed by atoms with Crippen LogP contribution in [-0.4, -0.2) is 20.7 Å². The van der Waals surface area contributed by atoms with Crippen LogP contribution in [0.5, 0.6) is 0 Å². The van der Waals surface area contributed by atoms with Crippen molar-refractivity contribution in [3.05, 3.63) is 69.5 Å². The fourth-order valence-corrected chi connectivity index (χ4v) is 3.48. The van der Waals surface area contributed by atoms with E-state index in [9.17, 15) is 4.79 Å². The molecule has 5 nitrogen and oxygen atoms in total. The number of carbonyl (C=O) groups is 1. The number of nitrogens with one attached hydrogen (secondary N) is 2. The maximum absolute atomic E-state index is 12.4. The van der Waals surface area contributed by atoms with Gasteiger partial charge in [-0.3, -0.25) is 14.5 Å². The van der Waals surface area contributed by atoms with Crippen molar-refractivity contribution in [2.45, 2.75) is 32.9 Å². The zero-order valence-electron chi connectivity index (χ0n) is 15.2. The number of nitrogens with zero attached hydrogens (tertiary/aromatic N) is 2. The molecule has 0 saturated carbocycles. The average Bonchev–Trinajstić information content (AvgIpc) is 3.01. The molecule has 7 heteroatoms. The Bertz CT molecular complexity index is 1010. The molecule has 0 spiro atoms. The van der Waals surface area contributed by atoms with Gasteiger partial charge in [-0.1, -0.05) is 53.6 Å². The number of amides is 1. The molecule has 1 heterocycles. The minimum Gasteiger partial charge on any atom is -0.349 e. The first-order chi connectivity index (χ1) is 13.0. The Hall–Kier alpha value is -2.44. The van der Waals surface area contributed by atoms with Crippen molar-refractivity contribution < 1.29 is 4.79 Å². The number of halogens is 1. The van der Waals surface area contributed by atoms with E-state index in [1.165, 1.54) is 0 Å². The van der Waals surface area contributed by atoms with Crippen LogP contribution < -0.4 is 5.32 Å². The average molecular weight is 401 g/mol. The molecule has 1 amide bonds. The normalized spacial score (nSPS) is 12.0. The number of hydrogen-bond donors (Lipinski definition) is 2. The van der Waals surface area contributed by atoms with Crippen molar-refractivity contribution in [1.82, 2.24) is 20.1 Å². The van der Waals surface area contributed by atoms with Gasteiger partial charge in [0.2, 0.25) is 5.91 Å². The molecule has 0 radical (unpaired) electrons. The number of carbonyl (C=O) groups excluding carboxylic acids is 1. The third kappa shape index (κ3) is 4.64. The maximum Gasteiger partial charge on any atom is 0.222 e. The number of aromatic nitrogens is 3. The lowest BCUT2D eigenvalue weighted by Gasteiger charge is -2.16. The van der Waals surface area contributed by atoms with Gasteiger partial charge in [-0.2, -0.15) is 5.10 Å². The molecule has 2 aromatic carbocycles. The summed E-state index contributed by atoms with van der Waals surface area (Å²) in [4.78, 5) is 12.4. The Morgan fingerprint density at radius 3 is 2.81 bits per heavy atom. The third-order valence-electron chi connectivity index (χ3n) is 4.35. The molecule has 0 aliphatic carbocycles. The fourth-order valence-electron chi connectivity index (χ4n) is 2.96. The third-order valence-corrected chi connectivity index (χ3v) is 5.00. The number of H-pyrrole nitrogens is 1. The monoisotopic (exact) mass is 400 g/mol. The molecular formula is C20H21ClN4OS. The van der Waals surface area contributed by atoms with Crippen molar-refractivity contribution in [3.63, 3.8) is 0 Å². The first-order valence-corrected chi connectivity index (χ1v) is 9.50. The Kier molecular flexibility index (Phi) is 6.08. The summed E-state index contributed by atoms with van der Waals surface area (Å²) in [5.74, 6) is 0.663. The lowest BCUT2D eigenvalue weighted by atomic mass is 10.1. The first-order valence-electron chi connectivity index (χ1n) is 8.71. The number of rotatable bonds is 6. The fraction of sp³-hybridized carbons (Fsp3) is 0.250. The van der Waals surface area contributed by atoms with Gasteiger partial charge in [-0.05, 0) is 43.8 Å². The van der Waals surface area contributed by atoms with Crippen LogP contribution in [0, 0.1) is 11.7 Å². The molecule has 140 valence electrons. The van der Waals surface area contributed by atoms with Crippen LogP contribution in [-0.2, 0) is 11.3 Å². The van der Waals surface area contributed by atoms with E-state index >= 15 is 0 Å². The van der Waals surface area contributed by atoms with Crippen LogP contribution in [0.3, 0.4) is 0 Å². The van der Waals surface area contributed by atoms with E-state index in [0.29, 0.717) is 22.8 Å². The molecule has 0 aliphatic rings. The van der Waals surface area contributed by atoms with Crippen LogP contribution >= 0.6 is 23.8 Å². The molecule has 1 atom stereocenters. The molecule has 2 N–H and O–H groups in total. The van der Waals surface area contributed by atoms with Crippen LogP contribution in [0.25, 0.3) is 11.4 Å².